The first-order valence-electron chi connectivity index (χ1n) is 15.1. The number of hydrogen-bond acceptors (Lipinski definition) is 5. The zero-order valence-electron chi connectivity index (χ0n) is 25.0. The van der Waals surface area contributed by atoms with Gasteiger partial charge in [0.15, 0.2) is 0 Å². The molecule has 224 valence electrons. The predicted octanol–water partition coefficient (Wildman–Crippen LogP) is 6.62. The molecule has 3 atom stereocenters. The Morgan fingerprint density at radius 3 is 2.33 bits per heavy atom. The Hall–Kier alpha value is -4.46. The molecule has 3 aromatic carbocycles. The molecule has 5 rings (SSSR count). The first-order chi connectivity index (χ1) is 20.7. The van der Waals surface area contributed by atoms with Crippen LogP contribution in [-0.2, 0) is 9.59 Å². The minimum absolute atomic E-state index is 0.0619. The predicted molar refractivity (Wildman–Crippen MR) is 165 cm³/mol. The summed E-state index contributed by atoms with van der Waals surface area (Å²) in [4.78, 5) is 45.0. The van der Waals surface area contributed by atoms with Gasteiger partial charge < -0.3 is 20.1 Å². The summed E-state index contributed by atoms with van der Waals surface area (Å²) in [5.74, 6) is 0.787. The summed E-state index contributed by atoms with van der Waals surface area (Å²) in [6, 6.07) is 24.1. The summed E-state index contributed by atoms with van der Waals surface area (Å²) in [6.45, 7) is 6.60. The molecule has 3 aromatic rings. The van der Waals surface area contributed by atoms with E-state index in [2.05, 4.69) is 26.1 Å². The summed E-state index contributed by atoms with van der Waals surface area (Å²) in [5, 5.41) is 11.5. The Morgan fingerprint density at radius 1 is 1.00 bits per heavy atom. The Morgan fingerprint density at radius 2 is 1.67 bits per heavy atom. The largest absolute Gasteiger partial charge is 0.481 e. The highest BCUT2D eigenvalue weighted by Crippen LogP contribution is 2.48. The van der Waals surface area contributed by atoms with E-state index in [0.717, 1.165) is 36.1 Å². The van der Waals surface area contributed by atoms with Crippen LogP contribution in [0, 0.1) is 11.8 Å². The lowest BCUT2D eigenvalue weighted by atomic mass is 9.75. The lowest BCUT2D eigenvalue weighted by molar-refractivity contribution is -0.137. The number of benzene rings is 3. The summed E-state index contributed by atoms with van der Waals surface area (Å²) in [6.07, 6.45) is 3.21. The fourth-order valence-electron chi connectivity index (χ4n) is 6.71. The number of carboxylic acids is 1. The van der Waals surface area contributed by atoms with E-state index >= 15 is 0 Å². The van der Waals surface area contributed by atoms with Crippen LogP contribution in [0.4, 0.5) is 0 Å². The topological polar surface area (TPSA) is 108 Å². The molecule has 0 radical (unpaired) electrons. The lowest BCUT2D eigenvalue weighted by Gasteiger charge is -2.47. The summed E-state index contributed by atoms with van der Waals surface area (Å²) in [7, 11) is 0. The molecule has 8 nitrogen and oxygen atoms in total. The van der Waals surface area contributed by atoms with Gasteiger partial charge in [-0.15, -0.1) is 0 Å². The number of hydrogen-bond donors (Lipinski definition) is 2. The van der Waals surface area contributed by atoms with Gasteiger partial charge in [-0.2, -0.15) is 0 Å². The third-order valence-corrected chi connectivity index (χ3v) is 8.31. The van der Waals surface area contributed by atoms with Crippen molar-refractivity contribution in [3.63, 3.8) is 0 Å². The number of aliphatic imine (C=N–C) groups is 1. The summed E-state index contributed by atoms with van der Waals surface area (Å²) in [5.41, 5.74) is 1.90. The van der Waals surface area contributed by atoms with Crippen molar-refractivity contribution in [3.8, 4) is 11.5 Å². The Bertz CT molecular complexity index is 1490. The van der Waals surface area contributed by atoms with Crippen LogP contribution in [0.1, 0.15) is 80.4 Å². The van der Waals surface area contributed by atoms with E-state index in [1.54, 1.807) is 12.1 Å². The molecule has 0 bridgehead atoms. The number of aliphatic carboxylic acids is 1. The second kappa shape index (κ2) is 12.8. The molecule has 8 heteroatoms. The van der Waals surface area contributed by atoms with Crippen molar-refractivity contribution >= 4 is 23.5 Å². The van der Waals surface area contributed by atoms with Crippen LogP contribution in [-0.4, -0.2) is 45.7 Å². The Kier molecular flexibility index (Phi) is 8.94. The van der Waals surface area contributed by atoms with Crippen molar-refractivity contribution in [2.45, 2.75) is 64.6 Å². The van der Waals surface area contributed by atoms with Gasteiger partial charge in [-0.3, -0.25) is 19.4 Å². The molecule has 0 saturated heterocycles. The van der Waals surface area contributed by atoms with Gasteiger partial charge in [0, 0.05) is 17.7 Å². The van der Waals surface area contributed by atoms with E-state index in [9.17, 15) is 14.4 Å². The molecular weight excluding hydrogens is 542 g/mol. The van der Waals surface area contributed by atoms with E-state index in [-0.39, 0.29) is 30.8 Å². The van der Waals surface area contributed by atoms with Crippen LogP contribution in [0.25, 0.3) is 0 Å². The number of nitrogens with zero attached hydrogens (tertiary/aromatic N) is 2. The molecule has 2 N–H and O–H groups in total. The highest BCUT2D eigenvalue weighted by Gasteiger charge is 2.53. The molecule has 1 aliphatic heterocycles. The highest BCUT2D eigenvalue weighted by atomic mass is 16.5. The molecule has 2 unspecified atom stereocenters. The van der Waals surface area contributed by atoms with E-state index in [4.69, 9.17) is 14.8 Å². The average Bonchev–Trinajstić information content (AvgIpc) is 3.24. The number of carbonyl (C=O) groups is 3. The third kappa shape index (κ3) is 6.63. The monoisotopic (exact) mass is 581 g/mol. The van der Waals surface area contributed by atoms with Gasteiger partial charge in [0.2, 0.25) is 0 Å². The van der Waals surface area contributed by atoms with Crippen LogP contribution < -0.4 is 10.1 Å². The maximum absolute atomic E-state index is 14.4. The maximum atomic E-state index is 14.4. The van der Waals surface area contributed by atoms with Crippen molar-refractivity contribution in [2.75, 3.05) is 6.54 Å². The van der Waals surface area contributed by atoms with Gasteiger partial charge in [-0.1, -0.05) is 63.2 Å². The fraction of sp³-hybridized carbons (Fsp3) is 0.371. The van der Waals surface area contributed by atoms with Gasteiger partial charge >= 0.3 is 5.97 Å². The molecule has 0 aromatic heterocycles. The first kappa shape index (κ1) is 30.0. The number of ether oxygens (including phenoxy) is 1. The van der Waals surface area contributed by atoms with Crippen molar-refractivity contribution in [1.82, 2.24) is 10.2 Å². The number of para-hydroxylation sites is 1. The van der Waals surface area contributed by atoms with Gasteiger partial charge in [0.25, 0.3) is 11.8 Å². The smallest absolute Gasteiger partial charge is 0.305 e. The van der Waals surface area contributed by atoms with Crippen LogP contribution in [0.5, 0.6) is 11.5 Å². The van der Waals surface area contributed by atoms with Crippen molar-refractivity contribution in [2.24, 2.45) is 16.8 Å². The second-order valence-electron chi connectivity index (χ2n) is 11.9. The molecule has 2 aliphatic rings. The maximum Gasteiger partial charge on any atom is 0.305 e. The third-order valence-electron chi connectivity index (χ3n) is 8.31. The van der Waals surface area contributed by atoms with E-state index in [0.29, 0.717) is 35.3 Å². The van der Waals surface area contributed by atoms with Gasteiger partial charge in [0.05, 0.1) is 12.5 Å². The lowest BCUT2D eigenvalue weighted by Crippen LogP contribution is -2.52. The van der Waals surface area contributed by atoms with Crippen LogP contribution in [0.15, 0.2) is 83.9 Å². The molecular formula is C35H39N3O5. The fourth-order valence-corrected chi connectivity index (χ4v) is 6.71. The van der Waals surface area contributed by atoms with Gasteiger partial charge in [0.1, 0.15) is 22.9 Å². The van der Waals surface area contributed by atoms with Crippen molar-refractivity contribution < 1.29 is 24.2 Å². The molecule has 1 heterocycles. The normalized spacial score (nSPS) is 22.3. The molecule has 2 amide bonds. The molecule has 1 fully saturated rings. The first-order valence-corrected chi connectivity index (χ1v) is 15.1. The number of rotatable bonds is 10. The quantitative estimate of drug-likeness (QED) is 0.280. The van der Waals surface area contributed by atoms with E-state index in [1.807, 2.05) is 71.6 Å². The Balaban J connectivity index is 1.46. The summed E-state index contributed by atoms with van der Waals surface area (Å²) < 4.78 is 6.07. The number of carboxylic acid groups (broad SMARTS) is 1. The van der Waals surface area contributed by atoms with Crippen LogP contribution in [0.2, 0.25) is 0 Å². The van der Waals surface area contributed by atoms with Gasteiger partial charge in [-0.25, -0.2) is 0 Å². The zero-order chi connectivity index (χ0) is 30.6. The highest BCUT2D eigenvalue weighted by molar-refractivity contribution is 6.46. The molecule has 1 saturated carbocycles. The molecule has 1 aliphatic carbocycles. The Labute approximate surface area is 252 Å². The number of amides is 2. The number of nitrogens with one attached hydrogen (secondary N) is 1. The van der Waals surface area contributed by atoms with Crippen molar-refractivity contribution in [1.29, 1.82) is 0 Å². The minimum atomic E-state index is -0.964. The average molecular weight is 582 g/mol. The molecule has 1 spiro atoms. The summed E-state index contributed by atoms with van der Waals surface area (Å²) >= 11 is 0. The van der Waals surface area contributed by atoms with E-state index < -0.39 is 11.6 Å². The molecule has 43 heavy (non-hydrogen) atoms. The van der Waals surface area contributed by atoms with Crippen LogP contribution >= 0.6 is 0 Å². The standard InChI is InChI=1S/C35H39N3O5/c1-4-30(25-13-15-26(16-14-25)33(41)36-18-17-31(39)40)38-34(42)32(37-35(38)21-23(2)19-24(3)22-35)27-9-8-12-29(20-27)43-28-10-6-5-7-11-28/h5-16,20,23-24,30H,4,17-19,21-22H2,1-3H3,(H,36,41)(H,39,40)/t23?,24?,30-,35?/m1/s1. The van der Waals surface area contributed by atoms with Crippen LogP contribution in [0.3, 0.4) is 0 Å². The van der Waals surface area contributed by atoms with Crippen molar-refractivity contribution in [3.05, 3.63) is 95.6 Å². The number of carbonyl (C=O) groups excluding carboxylic acids is 2. The van der Waals surface area contributed by atoms with E-state index in [1.165, 1.54) is 0 Å². The SMILES string of the molecule is CC[C@H](c1ccc(C(=O)NCCC(=O)O)cc1)N1C(=O)C(c2cccc(Oc3ccccc3)c2)=NC12CC(C)CC(C)C2. The van der Waals surface area contributed by atoms with Gasteiger partial charge in [-0.05, 0) is 79.5 Å². The second-order valence-corrected chi connectivity index (χ2v) is 11.9. The zero-order valence-corrected chi connectivity index (χ0v) is 25.0. The minimum Gasteiger partial charge on any atom is -0.481 e.